The second-order valence-corrected chi connectivity index (χ2v) is 4.87. The molecule has 5 nitrogen and oxygen atoms in total. The first-order chi connectivity index (χ1) is 7.66. The number of carbonyl (C=O) groups is 1. The van der Waals surface area contributed by atoms with Crippen molar-refractivity contribution in [2.75, 3.05) is 39.8 Å². The molecule has 2 heterocycles. The zero-order chi connectivity index (χ0) is 11.5. The Balaban J connectivity index is 1.87. The Kier molecular flexibility index (Phi) is 3.78. The molecule has 0 radical (unpaired) electrons. The molecule has 2 aliphatic heterocycles. The molecule has 2 N–H and O–H groups in total. The van der Waals surface area contributed by atoms with Crippen LogP contribution in [0, 0.1) is 0 Å². The number of carboxylic acids is 1. The number of aliphatic carboxylic acids is 1. The van der Waals surface area contributed by atoms with Crippen molar-refractivity contribution in [2.45, 2.75) is 24.9 Å². The van der Waals surface area contributed by atoms with E-state index in [2.05, 4.69) is 22.2 Å². The van der Waals surface area contributed by atoms with E-state index in [1.165, 1.54) is 12.8 Å². The molecular formula is C11H21N3O2. The van der Waals surface area contributed by atoms with Crippen LogP contribution in [0.1, 0.15) is 12.8 Å². The third-order valence-electron chi connectivity index (χ3n) is 3.71. The Morgan fingerprint density at radius 1 is 1.31 bits per heavy atom. The van der Waals surface area contributed by atoms with Gasteiger partial charge in [-0.05, 0) is 33.0 Å². The second-order valence-electron chi connectivity index (χ2n) is 4.87. The average Bonchev–Trinajstić information content (AvgIpc) is 2.30. The standard InChI is InChI=1S/C11H21N3O2/c1-13-5-2-9(3-6-13)14-7-4-12-10(8-14)11(15)16/h9-10,12H,2-8H2,1H3,(H,15,16)/t10-/m0/s1. The number of likely N-dealkylation sites (tertiary alicyclic amines) is 1. The number of piperidine rings is 1. The van der Waals surface area contributed by atoms with Crippen molar-refractivity contribution < 1.29 is 9.90 Å². The molecule has 0 aromatic carbocycles. The molecule has 1 atom stereocenters. The zero-order valence-corrected chi connectivity index (χ0v) is 9.85. The number of hydrogen-bond donors (Lipinski definition) is 2. The van der Waals surface area contributed by atoms with E-state index in [0.717, 1.165) is 26.2 Å². The summed E-state index contributed by atoms with van der Waals surface area (Å²) >= 11 is 0. The van der Waals surface area contributed by atoms with Crippen LogP contribution in [0.4, 0.5) is 0 Å². The fourth-order valence-electron chi connectivity index (χ4n) is 2.63. The molecule has 16 heavy (non-hydrogen) atoms. The molecule has 0 aromatic heterocycles. The molecule has 0 spiro atoms. The number of carboxylic acid groups (broad SMARTS) is 1. The summed E-state index contributed by atoms with van der Waals surface area (Å²) < 4.78 is 0. The van der Waals surface area contributed by atoms with Crippen LogP contribution in [0.15, 0.2) is 0 Å². The highest BCUT2D eigenvalue weighted by Crippen LogP contribution is 2.17. The minimum atomic E-state index is -0.724. The third kappa shape index (κ3) is 2.72. The van der Waals surface area contributed by atoms with Crippen LogP contribution in [0.5, 0.6) is 0 Å². The Morgan fingerprint density at radius 2 is 2.00 bits per heavy atom. The van der Waals surface area contributed by atoms with Crippen molar-refractivity contribution in [3.63, 3.8) is 0 Å². The van der Waals surface area contributed by atoms with Gasteiger partial charge < -0.3 is 15.3 Å². The van der Waals surface area contributed by atoms with Crippen LogP contribution < -0.4 is 5.32 Å². The van der Waals surface area contributed by atoms with Crippen LogP contribution in [-0.2, 0) is 4.79 Å². The largest absolute Gasteiger partial charge is 0.480 e. The maximum absolute atomic E-state index is 10.9. The quantitative estimate of drug-likeness (QED) is 0.662. The Hall–Kier alpha value is -0.650. The molecule has 0 bridgehead atoms. The lowest BCUT2D eigenvalue weighted by atomic mass is 10.0. The monoisotopic (exact) mass is 227 g/mol. The Labute approximate surface area is 96.4 Å². The molecule has 2 rings (SSSR count). The van der Waals surface area contributed by atoms with Crippen LogP contribution >= 0.6 is 0 Å². The SMILES string of the molecule is CN1CCC(N2CCN[C@H](C(=O)O)C2)CC1. The van der Waals surface area contributed by atoms with Crippen molar-refractivity contribution in [3.8, 4) is 0 Å². The van der Waals surface area contributed by atoms with E-state index in [0.29, 0.717) is 12.6 Å². The van der Waals surface area contributed by atoms with E-state index in [1.54, 1.807) is 0 Å². The van der Waals surface area contributed by atoms with Gasteiger partial charge in [-0.15, -0.1) is 0 Å². The summed E-state index contributed by atoms with van der Waals surface area (Å²) in [4.78, 5) is 15.6. The molecule has 92 valence electrons. The summed E-state index contributed by atoms with van der Waals surface area (Å²) in [5.41, 5.74) is 0. The lowest BCUT2D eigenvalue weighted by Gasteiger charge is -2.41. The van der Waals surface area contributed by atoms with E-state index in [9.17, 15) is 4.79 Å². The number of nitrogens with zero attached hydrogens (tertiary/aromatic N) is 2. The first-order valence-electron chi connectivity index (χ1n) is 6.05. The Bertz CT molecular complexity index is 252. The van der Waals surface area contributed by atoms with E-state index in [1.807, 2.05) is 0 Å². The number of nitrogens with one attached hydrogen (secondary N) is 1. The molecule has 2 aliphatic rings. The predicted molar refractivity (Wildman–Crippen MR) is 61.5 cm³/mol. The molecule has 0 saturated carbocycles. The molecule has 0 amide bonds. The fraction of sp³-hybridized carbons (Fsp3) is 0.909. The first-order valence-corrected chi connectivity index (χ1v) is 6.05. The maximum Gasteiger partial charge on any atom is 0.322 e. The van der Waals surface area contributed by atoms with Gasteiger partial charge in [-0.1, -0.05) is 0 Å². The number of rotatable bonds is 2. The van der Waals surface area contributed by atoms with Crippen molar-refractivity contribution in [1.82, 2.24) is 15.1 Å². The van der Waals surface area contributed by atoms with E-state index in [4.69, 9.17) is 5.11 Å². The van der Waals surface area contributed by atoms with Gasteiger partial charge in [-0.3, -0.25) is 9.69 Å². The highest BCUT2D eigenvalue weighted by Gasteiger charge is 2.30. The van der Waals surface area contributed by atoms with Gasteiger partial charge in [-0.25, -0.2) is 0 Å². The first kappa shape index (κ1) is 11.8. The summed E-state index contributed by atoms with van der Waals surface area (Å²) in [5, 5.41) is 12.0. The van der Waals surface area contributed by atoms with Gasteiger partial charge in [0.2, 0.25) is 0 Å². The molecule has 0 aliphatic carbocycles. The third-order valence-corrected chi connectivity index (χ3v) is 3.71. The summed E-state index contributed by atoms with van der Waals surface area (Å²) in [5.74, 6) is -0.724. The van der Waals surface area contributed by atoms with Crippen LogP contribution in [-0.4, -0.2) is 72.7 Å². The van der Waals surface area contributed by atoms with Crippen molar-refractivity contribution in [2.24, 2.45) is 0 Å². The molecule has 2 saturated heterocycles. The zero-order valence-electron chi connectivity index (χ0n) is 9.85. The van der Waals surface area contributed by atoms with Crippen molar-refractivity contribution in [3.05, 3.63) is 0 Å². The van der Waals surface area contributed by atoms with Crippen LogP contribution in [0.3, 0.4) is 0 Å². The lowest BCUT2D eigenvalue weighted by molar-refractivity contribution is -0.141. The molecule has 2 fully saturated rings. The van der Waals surface area contributed by atoms with Gasteiger partial charge in [0.25, 0.3) is 0 Å². The fourth-order valence-corrected chi connectivity index (χ4v) is 2.63. The Morgan fingerprint density at radius 3 is 2.62 bits per heavy atom. The number of hydrogen-bond acceptors (Lipinski definition) is 4. The van der Waals surface area contributed by atoms with Crippen LogP contribution in [0.25, 0.3) is 0 Å². The van der Waals surface area contributed by atoms with Gasteiger partial charge in [-0.2, -0.15) is 0 Å². The van der Waals surface area contributed by atoms with Gasteiger partial charge in [0.15, 0.2) is 0 Å². The highest BCUT2D eigenvalue weighted by molar-refractivity contribution is 5.73. The second kappa shape index (κ2) is 5.12. The van der Waals surface area contributed by atoms with Gasteiger partial charge in [0, 0.05) is 25.7 Å². The predicted octanol–water partition coefficient (Wildman–Crippen LogP) is -0.561. The molecular weight excluding hydrogens is 206 g/mol. The van der Waals surface area contributed by atoms with E-state index < -0.39 is 5.97 Å². The lowest BCUT2D eigenvalue weighted by Crippen LogP contribution is -2.58. The smallest absolute Gasteiger partial charge is 0.322 e. The topological polar surface area (TPSA) is 55.8 Å². The average molecular weight is 227 g/mol. The minimum Gasteiger partial charge on any atom is -0.480 e. The van der Waals surface area contributed by atoms with Gasteiger partial charge in [0.1, 0.15) is 6.04 Å². The van der Waals surface area contributed by atoms with Crippen molar-refractivity contribution in [1.29, 1.82) is 0 Å². The normalized spacial score (nSPS) is 30.4. The molecule has 0 aromatic rings. The minimum absolute atomic E-state index is 0.381. The van der Waals surface area contributed by atoms with Gasteiger partial charge >= 0.3 is 5.97 Å². The number of piperazine rings is 1. The summed E-state index contributed by atoms with van der Waals surface area (Å²) in [6.45, 7) is 4.70. The molecule has 5 heteroatoms. The maximum atomic E-state index is 10.9. The summed E-state index contributed by atoms with van der Waals surface area (Å²) in [7, 11) is 2.15. The van der Waals surface area contributed by atoms with E-state index >= 15 is 0 Å². The van der Waals surface area contributed by atoms with Crippen LogP contribution in [0.2, 0.25) is 0 Å². The highest BCUT2D eigenvalue weighted by atomic mass is 16.4. The summed E-state index contributed by atoms with van der Waals surface area (Å²) in [6, 6.07) is 0.202. The summed E-state index contributed by atoms with van der Waals surface area (Å²) in [6.07, 6.45) is 2.34. The van der Waals surface area contributed by atoms with E-state index in [-0.39, 0.29) is 6.04 Å². The molecule has 0 unspecified atom stereocenters. The van der Waals surface area contributed by atoms with Gasteiger partial charge in [0.05, 0.1) is 0 Å². The van der Waals surface area contributed by atoms with Crippen molar-refractivity contribution >= 4 is 5.97 Å².